The normalized spacial score (nSPS) is 16.5. The van der Waals surface area contributed by atoms with Crippen LogP contribution in [0, 0.1) is 0 Å². The van der Waals surface area contributed by atoms with Gasteiger partial charge in [0.05, 0.1) is 23.6 Å². The molecule has 0 unspecified atom stereocenters. The number of amidine groups is 1. The van der Waals surface area contributed by atoms with E-state index in [1.165, 1.54) is 7.11 Å². The molecule has 2 amide bonds. The molecule has 27 heavy (non-hydrogen) atoms. The Kier molecular flexibility index (Phi) is 5.98. The van der Waals surface area contributed by atoms with Gasteiger partial charge in [-0.25, -0.2) is 0 Å². The van der Waals surface area contributed by atoms with Crippen LogP contribution in [0.5, 0.6) is 11.5 Å². The molecule has 0 aromatic heterocycles. The van der Waals surface area contributed by atoms with Crippen molar-refractivity contribution in [3.63, 3.8) is 0 Å². The zero-order valence-corrected chi connectivity index (χ0v) is 16.9. The van der Waals surface area contributed by atoms with Crippen LogP contribution < -0.4 is 14.8 Å². The van der Waals surface area contributed by atoms with Crippen LogP contribution >= 0.6 is 27.7 Å². The van der Waals surface area contributed by atoms with E-state index in [2.05, 4.69) is 26.2 Å². The zero-order chi connectivity index (χ0) is 19.4. The quantitative estimate of drug-likeness (QED) is 0.721. The molecule has 1 N–H and O–H groups in total. The lowest BCUT2D eigenvalue weighted by atomic mass is 10.2. The van der Waals surface area contributed by atoms with Gasteiger partial charge in [0.25, 0.3) is 11.8 Å². The van der Waals surface area contributed by atoms with Gasteiger partial charge < -0.3 is 14.8 Å². The van der Waals surface area contributed by atoms with Crippen molar-refractivity contribution in [1.82, 2.24) is 5.32 Å². The SMILES string of the molecule is COc1cc(/C=C2\SC(=NC(=O)c3ccccc3)NC2=O)cc(Br)c1OC. The second-order valence-corrected chi connectivity index (χ2v) is 7.28. The highest BCUT2D eigenvalue weighted by molar-refractivity contribution is 9.10. The number of nitrogens with zero attached hydrogens (tertiary/aromatic N) is 1. The fraction of sp³-hybridized carbons (Fsp3) is 0.105. The number of halogens is 1. The Bertz CT molecular complexity index is 958. The molecule has 2 aromatic rings. The summed E-state index contributed by atoms with van der Waals surface area (Å²) < 4.78 is 11.3. The Morgan fingerprint density at radius 3 is 2.59 bits per heavy atom. The highest BCUT2D eigenvalue weighted by Gasteiger charge is 2.25. The first-order chi connectivity index (χ1) is 13.0. The van der Waals surface area contributed by atoms with Gasteiger partial charge in [0.15, 0.2) is 16.7 Å². The third-order valence-corrected chi connectivity index (χ3v) is 5.13. The predicted octanol–water partition coefficient (Wildman–Crippen LogP) is 3.87. The number of benzene rings is 2. The first-order valence-electron chi connectivity index (χ1n) is 7.82. The number of nitrogens with one attached hydrogen (secondary N) is 1. The minimum absolute atomic E-state index is 0.250. The molecule has 1 saturated heterocycles. The number of methoxy groups -OCH3 is 2. The molecule has 3 rings (SSSR count). The maximum atomic E-state index is 12.2. The summed E-state index contributed by atoms with van der Waals surface area (Å²) in [5, 5.41) is 2.86. The summed E-state index contributed by atoms with van der Waals surface area (Å²) in [6.07, 6.45) is 1.70. The molecule has 6 nitrogen and oxygen atoms in total. The number of hydrogen-bond acceptors (Lipinski definition) is 5. The second-order valence-electron chi connectivity index (χ2n) is 5.39. The summed E-state index contributed by atoms with van der Waals surface area (Å²) in [6.45, 7) is 0. The molecule has 138 valence electrons. The third-order valence-electron chi connectivity index (χ3n) is 3.63. The van der Waals surface area contributed by atoms with E-state index in [1.807, 2.05) is 12.1 Å². The van der Waals surface area contributed by atoms with E-state index in [0.717, 1.165) is 17.3 Å². The highest BCUT2D eigenvalue weighted by Crippen LogP contribution is 2.37. The zero-order valence-electron chi connectivity index (χ0n) is 14.5. The second kappa shape index (κ2) is 8.41. The van der Waals surface area contributed by atoms with Gasteiger partial charge in [0, 0.05) is 5.56 Å². The number of thioether (sulfide) groups is 1. The number of carbonyl (C=O) groups excluding carboxylic acids is 2. The van der Waals surface area contributed by atoms with Gasteiger partial charge in [0.1, 0.15) is 0 Å². The standard InChI is InChI=1S/C19H15BrN2O4S/c1-25-14-9-11(8-13(20)16(14)26-2)10-15-18(24)22-19(27-15)21-17(23)12-6-4-3-5-7-12/h3-10H,1-2H3,(H,21,22,23,24)/b15-10-. The lowest BCUT2D eigenvalue weighted by molar-refractivity contribution is -0.115. The number of ether oxygens (including phenoxy) is 2. The molecular formula is C19H15BrN2O4S. The van der Waals surface area contributed by atoms with Crippen molar-refractivity contribution in [2.24, 2.45) is 4.99 Å². The molecule has 0 bridgehead atoms. The van der Waals surface area contributed by atoms with E-state index >= 15 is 0 Å². The first kappa shape index (κ1) is 19.2. The lowest BCUT2D eigenvalue weighted by Crippen LogP contribution is -2.20. The fourth-order valence-electron chi connectivity index (χ4n) is 2.39. The molecule has 1 aliphatic rings. The van der Waals surface area contributed by atoms with Crippen molar-refractivity contribution >= 4 is 50.7 Å². The van der Waals surface area contributed by atoms with Gasteiger partial charge in [-0.15, -0.1) is 0 Å². The number of amides is 2. The molecule has 0 saturated carbocycles. The van der Waals surface area contributed by atoms with Crippen LogP contribution in [0.15, 0.2) is 56.8 Å². The van der Waals surface area contributed by atoms with Crippen LogP contribution in [0.1, 0.15) is 15.9 Å². The van der Waals surface area contributed by atoms with Crippen molar-refractivity contribution in [3.8, 4) is 11.5 Å². The predicted molar refractivity (Wildman–Crippen MR) is 109 cm³/mol. The van der Waals surface area contributed by atoms with Gasteiger partial charge >= 0.3 is 0 Å². The maximum absolute atomic E-state index is 12.2. The summed E-state index contributed by atoms with van der Waals surface area (Å²) >= 11 is 4.53. The number of aliphatic imine (C=N–C) groups is 1. The number of rotatable bonds is 4. The molecule has 1 heterocycles. The summed E-state index contributed by atoms with van der Waals surface area (Å²) in [5.41, 5.74) is 1.20. The Morgan fingerprint density at radius 2 is 1.93 bits per heavy atom. The minimum atomic E-state index is -0.409. The molecule has 0 atom stereocenters. The average Bonchev–Trinajstić information content (AvgIpc) is 3.00. The van der Waals surface area contributed by atoms with Gasteiger partial charge in [0.2, 0.25) is 0 Å². The van der Waals surface area contributed by atoms with Crippen LogP contribution in [-0.4, -0.2) is 31.2 Å². The summed E-state index contributed by atoms with van der Waals surface area (Å²) in [4.78, 5) is 28.8. The molecule has 0 spiro atoms. The van der Waals surface area contributed by atoms with Crippen molar-refractivity contribution in [1.29, 1.82) is 0 Å². The van der Waals surface area contributed by atoms with Crippen LogP contribution in [0.2, 0.25) is 0 Å². The molecule has 0 radical (unpaired) electrons. The Morgan fingerprint density at radius 1 is 1.19 bits per heavy atom. The van der Waals surface area contributed by atoms with Gasteiger partial charge in [-0.3, -0.25) is 9.59 Å². The lowest BCUT2D eigenvalue weighted by Gasteiger charge is -2.10. The van der Waals surface area contributed by atoms with E-state index in [1.54, 1.807) is 43.5 Å². The smallest absolute Gasteiger partial charge is 0.279 e. The van der Waals surface area contributed by atoms with Crippen molar-refractivity contribution < 1.29 is 19.1 Å². The highest BCUT2D eigenvalue weighted by atomic mass is 79.9. The summed E-state index contributed by atoms with van der Waals surface area (Å²) in [6, 6.07) is 12.2. The van der Waals surface area contributed by atoms with Crippen LogP contribution in [0.3, 0.4) is 0 Å². The van der Waals surface area contributed by atoms with Gasteiger partial charge in [-0.05, 0) is 63.6 Å². The van der Waals surface area contributed by atoms with E-state index in [4.69, 9.17) is 9.47 Å². The van der Waals surface area contributed by atoms with Crippen LogP contribution in [0.25, 0.3) is 6.08 Å². The monoisotopic (exact) mass is 446 g/mol. The third kappa shape index (κ3) is 4.40. The molecular weight excluding hydrogens is 432 g/mol. The van der Waals surface area contributed by atoms with Crippen molar-refractivity contribution in [2.45, 2.75) is 0 Å². The molecule has 2 aromatic carbocycles. The van der Waals surface area contributed by atoms with Crippen LogP contribution in [-0.2, 0) is 4.79 Å². The van der Waals surface area contributed by atoms with E-state index in [-0.39, 0.29) is 11.1 Å². The molecule has 0 aliphatic carbocycles. The van der Waals surface area contributed by atoms with Crippen molar-refractivity contribution in [3.05, 3.63) is 63.0 Å². The Balaban J connectivity index is 1.85. The largest absolute Gasteiger partial charge is 0.493 e. The van der Waals surface area contributed by atoms with Crippen molar-refractivity contribution in [2.75, 3.05) is 14.2 Å². The van der Waals surface area contributed by atoms with E-state index in [9.17, 15) is 9.59 Å². The maximum Gasteiger partial charge on any atom is 0.279 e. The molecule has 1 aliphatic heterocycles. The van der Waals surface area contributed by atoms with Gasteiger partial charge in [-0.1, -0.05) is 18.2 Å². The topological polar surface area (TPSA) is 77.0 Å². The molecule has 8 heteroatoms. The van der Waals surface area contributed by atoms with E-state index in [0.29, 0.717) is 26.4 Å². The number of carbonyl (C=O) groups is 2. The molecule has 1 fully saturated rings. The Labute approximate surface area is 168 Å². The Hall–Kier alpha value is -2.58. The van der Waals surface area contributed by atoms with Crippen LogP contribution in [0.4, 0.5) is 0 Å². The first-order valence-corrected chi connectivity index (χ1v) is 9.43. The minimum Gasteiger partial charge on any atom is -0.493 e. The van der Waals surface area contributed by atoms with Gasteiger partial charge in [-0.2, -0.15) is 4.99 Å². The van der Waals surface area contributed by atoms with E-state index < -0.39 is 5.91 Å². The average molecular weight is 447 g/mol. The summed E-state index contributed by atoms with van der Waals surface area (Å²) in [7, 11) is 3.09. The fourth-order valence-corrected chi connectivity index (χ4v) is 3.83. The number of hydrogen-bond donors (Lipinski definition) is 1. The summed E-state index contributed by atoms with van der Waals surface area (Å²) in [5.74, 6) is 0.383.